The van der Waals surface area contributed by atoms with Gasteiger partial charge in [0.05, 0.1) is 23.8 Å². The number of H-pyrrole nitrogens is 1. The fourth-order valence-corrected chi connectivity index (χ4v) is 1.37. The molecule has 2 heterocycles. The molecule has 5 heteroatoms. The van der Waals surface area contributed by atoms with Gasteiger partial charge in [-0.3, -0.25) is 10.1 Å². The van der Waals surface area contributed by atoms with Gasteiger partial charge >= 0.3 is 0 Å². The molecule has 0 saturated carbocycles. The Morgan fingerprint density at radius 2 is 2.58 bits per heavy atom. The van der Waals surface area contributed by atoms with Crippen LogP contribution < -0.4 is 11.1 Å². The second kappa shape index (κ2) is 2.60. The molecule has 64 valence electrons. The Hall–Kier alpha value is -1.36. The molecular formula is C7H10N4O. The predicted molar refractivity (Wildman–Crippen MR) is 42.1 cm³/mol. The van der Waals surface area contributed by atoms with Crippen molar-refractivity contribution in [2.24, 2.45) is 5.73 Å². The van der Waals surface area contributed by atoms with Gasteiger partial charge in [0.2, 0.25) is 5.91 Å². The van der Waals surface area contributed by atoms with E-state index in [2.05, 4.69) is 15.3 Å². The summed E-state index contributed by atoms with van der Waals surface area (Å²) in [5.74, 6) is -0.316. The first-order chi connectivity index (χ1) is 5.77. The van der Waals surface area contributed by atoms with Crippen LogP contribution in [0.1, 0.15) is 11.4 Å². The summed E-state index contributed by atoms with van der Waals surface area (Å²) >= 11 is 0. The first kappa shape index (κ1) is 7.30. The van der Waals surface area contributed by atoms with Crippen LogP contribution in [0.4, 0.5) is 0 Å². The average Bonchev–Trinajstić information content (AvgIpc) is 2.49. The Morgan fingerprint density at radius 3 is 3.33 bits per heavy atom. The highest BCUT2D eigenvalue weighted by atomic mass is 16.1. The Kier molecular flexibility index (Phi) is 1.58. The molecule has 0 bridgehead atoms. The largest absolute Gasteiger partial charge is 0.368 e. The van der Waals surface area contributed by atoms with Gasteiger partial charge in [0.15, 0.2) is 0 Å². The van der Waals surface area contributed by atoms with E-state index in [-0.39, 0.29) is 11.9 Å². The lowest BCUT2D eigenvalue weighted by Crippen LogP contribution is -2.45. The van der Waals surface area contributed by atoms with Crippen LogP contribution in [0.2, 0.25) is 0 Å². The number of nitrogens with zero attached hydrogens (tertiary/aromatic N) is 1. The number of carbonyl (C=O) groups is 1. The number of hydrogen-bond donors (Lipinski definition) is 3. The predicted octanol–water partition coefficient (Wildman–Crippen LogP) is -1.09. The minimum atomic E-state index is -0.316. The fourth-order valence-electron chi connectivity index (χ4n) is 1.37. The van der Waals surface area contributed by atoms with Gasteiger partial charge in [-0.05, 0) is 0 Å². The first-order valence-electron chi connectivity index (χ1n) is 3.81. The number of amides is 1. The summed E-state index contributed by atoms with van der Waals surface area (Å²) in [6, 6.07) is -0.263. The summed E-state index contributed by atoms with van der Waals surface area (Å²) in [7, 11) is 0. The number of imidazole rings is 1. The summed E-state index contributed by atoms with van der Waals surface area (Å²) in [6.45, 7) is 0.642. The summed E-state index contributed by atoms with van der Waals surface area (Å²) in [5.41, 5.74) is 7.14. The fraction of sp³-hybridized carbons (Fsp3) is 0.429. The Balaban J connectivity index is 2.20. The van der Waals surface area contributed by atoms with Gasteiger partial charge in [0.1, 0.15) is 0 Å². The molecule has 0 aliphatic carbocycles. The van der Waals surface area contributed by atoms with Crippen LogP contribution in [-0.2, 0) is 17.8 Å². The molecule has 12 heavy (non-hydrogen) atoms. The molecule has 5 nitrogen and oxygen atoms in total. The summed E-state index contributed by atoms with van der Waals surface area (Å²) in [4.78, 5) is 17.9. The molecule has 0 spiro atoms. The molecule has 2 rings (SSSR count). The molecule has 1 aromatic heterocycles. The van der Waals surface area contributed by atoms with E-state index in [1.807, 2.05) is 0 Å². The van der Waals surface area contributed by atoms with E-state index < -0.39 is 0 Å². The molecule has 0 unspecified atom stereocenters. The molecule has 0 saturated heterocycles. The molecule has 0 fully saturated rings. The Morgan fingerprint density at radius 1 is 1.75 bits per heavy atom. The van der Waals surface area contributed by atoms with Crippen LogP contribution in [0.5, 0.6) is 0 Å². The molecule has 1 aliphatic rings. The highest BCUT2D eigenvalue weighted by Gasteiger charge is 2.23. The van der Waals surface area contributed by atoms with Crippen LogP contribution in [-0.4, -0.2) is 21.9 Å². The van der Waals surface area contributed by atoms with Gasteiger partial charge < -0.3 is 10.7 Å². The maximum Gasteiger partial charge on any atom is 0.234 e. The molecule has 1 amide bonds. The average molecular weight is 166 g/mol. The highest BCUT2D eigenvalue weighted by Crippen LogP contribution is 2.11. The summed E-state index contributed by atoms with van der Waals surface area (Å²) < 4.78 is 0. The van der Waals surface area contributed by atoms with Gasteiger partial charge in [-0.1, -0.05) is 0 Å². The number of fused-ring (bicyclic) bond motifs is 1. The third kappa shape index (κ3) is 1.08. The number of carbonyl (C=O) groups excluding carboxylic acids is 1. The van der Waals surface area contributed by atoms with Crippen molar-refractivity contribution in [2.45, 2.75) is 19.0 Å². The number of nitrogens with one attached hydrogen (secondary N) is 2. The smallest absolute Gasteiger partial charge is 0.234 e. The number of rotatable bonds is 1. The van der Waals surface area contributed by atoms with E-state index in [4.69, 9.17) is 5.73 Å². The minimum absolute atomic E-state index is 0.263. The van der Waals surface area contributed by atoms with E-state index in [1.165, 1.54) is 0 Å². The van der Waals surface area contributed by atoms with Crippen molar-refractivity contribution in [3.8, 4) is 0 Å². The topological polar surface area (TPSA) is 83.8 Å². The maximum atomic E-state index is 10.8. The molecule has 1 aromatic rings. The Labute approximate surface area is 69.4 Å². The van der Waals surface area contributed by atoms with Crippen molar-refractivity contribution < 1.29 is 4.79 Å². The Bertz CT molecular complexity index is 306. The van der Waals surface area contributed by atoms with Crippen molar-refractivity contribution in [3.05, 3.63) is 17.7 Å². The number of hydrogen-bond acceptors (Lipinski definition) is 3. The first-order valence-corrected chi connectivity index (χ1v) is 3.81. The SMILES string of the molecule is NC(=O)[C@H]1Cc2nc[nH]c2CN1. The molecule has 1 atom stereocenters. The molecule has 0 aromatic carbocycles. The molecule has 4 N–H and O–H groups in total. The van der Waals surface area contributed by atoms with E-state index >= 15 is 0 Å². The van der Waals surface area contributed by atoms with E-state index in [1.54, 1.807) is 6.33 Å². The van der Waals surface area contributed by atoms with Gasteiger partial charge in [0.25, 0.3) is 0 Å². The molecule has 0 radical (unpaired) electrons. The molecule has 1 aliphatic heterocycles. The third-order valence-electron chi connectivity index (χ3n) is 2.07. The summed E-state index contributed by atoms with van der Waals surface area (Å²) in [6.07, 6.45) is 2.23. The van der Waals surface area contributed by atoms with Gasteiger partial charge in [-0.25, -0.2) is 4.98 Å². The van der Waals surface area contributed by atoms with Crippen molar-refractivity contribution in [2.75, 3.05) is 0 Å². The van der Waals surface area contributed by atoms with Gasteiger partial charge in [-0.2, -0.15) is 0 Å². The van der Waals surface area contributed by atoms with Crippen molar-refractivity contribution in [1.29, 1.82) is 0 Å². The number of aromatic nitrogens is 2. The van der Waals surface area contributed by atoms with Crippen LogP contribution in [0.3, 0.4) is 0 Å². The third-order valence-corrected chi connectivity index (χ3v) is 2.07. The van der Waals surface area contributed by atoms with Crippen molar-refractivity contribution >= 4 is 5.91 Å². The van der Waals surface area contributed by atoms with Crippen LogP contribution in [0.15, 0.2) is 6.33 Å². The molecular weight excluding hydrogens is 156 g/mol. The lowest BCUT2D eigenvalue weighted by atomic mass is 10.1. The van der Waals surface area contributed by atoms with Crippen LogP contribution in [0.25, 0.3) is 0 Å². The van der Waals surface area contributed by atoms with Gasteiger partial charge in [0, 0.05) is 13.0 Å². The lowest BCUT2D eigenvalue weighted by Gasteiger charge is -2.19. The van der Waals surface area contributed by atoms with Crippen LogP contribution >= 0.6 is 0 Å². The highest BCUT2D eigenvalue weighted by molar-refractivity contribution is 5.80. The van der Waals surface area contributed by atoms with Gasteiger partial charge in [-0.15, -0.1) is 0 Å². The zero-order chi connectivity index (χ0) is 8.55. The normalized spacial score (nSPS) is 21.8. The van der Waals surface area contributed by atoms with E-state index in [9.17, 15) is 4.79 Å². The quantitative estimate of drug-likeness (QED) is 0.495. The maximum absolute atomic E-state index is 10.8. The number of aromatic amines is 1. The lowest BCUT2D eigenvalue weighted by molar-refractivity contribution is -0.120. The second-order valence-electron chi connectivity index (χ2n) is 2.87. The van der Waals surface area contributed by atoms with E-state index in [0.717, 1.165) is 11.4 Å². The standard InChI is InChI=1S/C7H10N4O/c8-7(12)5-1-4-6(2-9-5)11-3-10-4/h3,5,9H,1-2H2,(H2,8,12)(H,10,11)/t5-/m1/s1. The zero-order valence-electron chi connectivity index (χ0n) is 6.50. The van der Waals surface area contributed by atoms with E-state index in [0.29, 0.717) is 13.0 Å². The number of nitrogens with two attached hydrogens (primary N) is 1. The monoisotopic (exact) mass is 166 g/mol. The van der Waals surface area contributed by atoms with Crippen LogP contribution in [0, 0.1) is 0 Å². The zero-order valence-corrected chi connectivity index (χ0v) is 6.50. The van der Waals surface area contributed by atoms with Crippen molar-refractivity contribution in [3.63, 3.8) is 0 Å². The summed E-state index contributed by atoms with van der Waals surface area (Å²) in [5, 5.41) is 3.02. The second-order valence-corrected chi connectivity index (χ2v) is 2.87. The van der Waals surface area contributed by atoms with Crippen molar-refractivity contribution in [1.82, 2.24) is 15.3 Å². The minimum Gasteiger partial charge on any atom is -0.368 e. The number of primary amides is 1.